The SMILES string of the molecule is CC1(C)c2ccc(-c3ccc4c(C#Cc5ccccc5)ccc(O)c4n3)[c-]c2N(c2ccc(-c3ccccc3)cn2)c2ccccc21.[Pt]. The number of para-hydroxylation sites is 1. The molecular weight excluding hydrogens is 770 g/mol. The number of fused-ring (bicyclic) bond motifs is 3. The van der Waals surface area contributed by atoms with Crippen molar-refractivity contribution in [3.63, 3.8) is 0 Å². The maximum atomic E-state index is 10.9. The molecule has 4 nitrogen and oxygen atoms in total. The van der Waals surface area contributed by atoms with Crippen molar-refractivity contribution >= 4 is 28.1 Å². The van der Waals surface area contributed by atoms with Crippen molar-refractivity contribution in [2.45, 2.75) is 19.3 Å². The first-order valence-corrected chi connectivity index (χ1v) is 15.7. The predicted octanol–water partition coefficient (Wildman–Crippen LogP) is 9.98. The zero-order valence-corrected chi connectivity index (χ0v) is 28.7. The van der Waals surface area contributed by atoms with Crippen LogP contribution < -0.4 is 4.90 Å². The third kappa shape index (κ3) is 5.47. The second-order valence-electron chi connectivity index (χ2n) is 12.2. The molecule has 7 aromatic rings. The van der Waals surface area contributed by atoms with Gasteiger partial charge in [-0.3, -0.25) is 4.98 Å². The van der Waals surface area contributed by atoms with Gasteiger partial charge in [-0.1, -0.05) is 110 Å². The molecule has 0 spiro atoms. The minimum absolute atomic E-state index is 0. The Bertz CT molecular complexity index is 2340. The normalized spacial score (nSPS) is 12.7. The quantitative estimate of drug-likeness (QED) is 0.143. The average molecular weight is 800 g/mol. The zero-order chi connectivity index (χ0) is 32.0. The molecule has 0 atom stereocenters. The summed E-state index contributed by atoms with van der Waals surface area (Å²) in [6, 6.07) is 48.3. The minimum atomic E-state index is -0.261. The number of aromatic nitrogens is 2. The van der Waals surface area contributed by atoms with E-state index in [1.807, 2.05) is 72.9 Å². The van der Waals surface area contributed by atoms with Gasteiger partial charge in [0.15, 0.2) is 0 Å². The Labute approximate surface area is 295 Å². The van der Waals surface area contributed by atoms with Gasteiger partial charge in [0.2, 0.25) is 0 Å². The van der Waals surface area contributed by atoms with E-state index < -0.39 is 0 Å². The molecule has 234 valence electrons. The molecular formula is C43H30N3OPt-. The van der Waals surface area contributed by atoms with Gasteiger partial charge in [-0.15, -0.1) is 23.8 Å². The Morgan fingerprint density at radius 3 is 2.21 bits per heavy atom. The van der Waals surface area contributed by atoms with Crippen molar-refractivity contribution in [3.05, 3.63) is 168 Å². The van der Waals surface area contributed by atoms with Crippen LogP contribution in [-0.4, -0.2) is 15.1 Å². The van der Waals surface area contributed by atoms with Crippen LogP contribution in [0.3, 0.4) is 0 Å². The second-order valence-corrected chi connectivity index (χ2v) is 12.2. The molecule has 0 bridgehead atoms. The molecule has 48 heavy (non-hydrogen) atoms. The fourth-order valence-corrected chi connectivity index (χ4v) is 6.46. The number of phenols is 1. The van der Waals surface area contributed by atoms with Gasteiger partial charge in [-0.25, -0.2) is 4.98 Å². The van der Waals surface area contributed by atoms with Crippen LogP contribution in [0.4, 0.5) is 17.2 Å². The van der Waals surface area contributed by atoms with Crippen LogP contribution in [0.25, 0.3) is 33.3 Å². The Kier molecular flexibility index (Phi) is 8.17. The summed E-state index contributed by atoms with van der Waals surface area (Å²) in [5, 5.41) is 11.7. The van der Waals surface area contributed by atoms with E-state index >= 15 is 0 Å². The van der Waals surface area contributed by atoms with Gasteiger partial charge in [-0.2, -0.15) is 0 Å². The molecule has 8 rings (SSSR count). The van der Waals surface area contributed by atoms with Crippen molar-refractivity contribution in [2.24, 2.45) is 0 Å². The van der Waals surface area contributed by atoms with Crippen LogP contribution in [0, 0.1) is 17.9 Å². The molecule has 1 N–H and O–H groups in total. The topological polar surface area (TPSA) is 49.3 Å². The number of aromatic hydroxyl groups is 1. The first-order chi connectivity index (χ1) is 23.0. The Hall–Kier alpha value is -5.49. The number of anilines is 3. The van der Waals surface area contributed by atoms with E-state index in [0.717, 1.165) is 56.0 Å². The first-order valence-electron chi connectivity index (χ1n) is 15.7. The number of nitrogens with zero attached hydrogens (tertiary/aromatic N) is 3. The molecule has 3 heterocycles. The number of hydrogen-bond acceptors (Lipinski definition) is 4. The van der Waals surface area contributed by atoms with Crippen LogP contribution in [0.5, 0.6) is 5.75 Å². The Morgan fingerprint density at radius 2 is 1.44 bits per heavy atom. The van der Waals surface area contributed by atoms with Crippen LogP contribution in [0.15, 0.2) is 140 Å². The summed E-state index contributed by atoms with van der Waals surface area (Å²) in [6.07, 6.45) is 1.93. The molecule has 0 saturated heterocycles. The van der Waals surface area contributed by atoms with Crippen molar-refractivity contribution < 1.29 is 26.2 Å². The van der Waals surface area contributed by atoms with Crippen molar-refractivity contribution in [3.8, 4) is 40.0 Å². The van der Waals surface area contributed by atoms with Gasteiger partial charge in [0, 0.05) is 55.0 Å². The fraction of sp³-hybridized carbons (Fsp3) is 0.0698. The third-order valence-corrected chi connectivity index (χ3v) is 8.95. The molecule has 0 unspecified atom stereocenters. The summed E-state index contributed by atoms with van der Waals surface area (Å²) in [5.74, 6) is 7.42. The molecule has 5 heteroatoms. The standard InChI is InChI=1S/C43H30N3O.Pt/c1-43(2)35-15-9-10-16-38(35)46(41-26-21-33(28-44-41)30-13-7-4-8-14-30)39-27-32(19-23-36(39)43)37-24-22-34-31(20-25-40(47)42(34)45-37)18-17-29-11-5-3-6-12-29;/h3-16,19-26,28,47H,1-2H3;/q-1;. The van der Waals surface area contributed by atoms with Gasteiger partial charge in [-0.05, 0) is 70.4 Å². The first kappa shape index (κ1) is 31.1. The van der Waals surface area contributed by atoms with E-state index in [1.165, 1.54) is 5.56 Å². The summed E-state index contributed by atoms with van der Waals surface area (Å²) >= 11 is 0. The summed E-state index contributed by atoms with van der Waals surface area (Å²) in [7, 11) is 0. The van der Waals surface area contributed by atoms with E-state index in [1.54, 1.807) is 6.07 Å². The van der Waals surface area contributed by atoms with E-state index in [2.05, 4.69) is 97.3 Å². The smallest absolute Gasteiger partial charge is 0.140 e. The third-order valence-electron chi connectivity index (χ3n) is 8.95. The zero-order valence-electron chi connectivity index (χ0n) is 26.4. The minimum Gasteiger partial charge on any atom is -0.506 e. The maximum Gasteiger partial charge on any atom is 0.140 e. The maximum absolute atomic E-state index is 10.9. The summed E-state index contributed by atoms with van der Waals surface area (Å²) in [4.78, 5) is 12.1. The number of hydrogen-bond donors (Lipinski definition) is 1. The number of benzene rings is 5. The fourth-order valence-electron chi connectivity index (χ4n) is 6.46. The van der Waals surface area contributed by atoms with Gasteiger partial charge >= 0.3 is 0 Å². The van der Waals surface area contributed by atoms with Crippen molar-refractivity contribution in [2.75, 3.05) is 4.90 Å². The van der Waals surface area contributed by atoms with Gasteiger partial charge in [0.1, 0.15) is 17.1 Å². The van der Waals surface area contributed by atoms with Gasteiger partial charge in [0.25, 0.3) is 0 Å². The summed E-state index contributed by atoms with van der Waals surface area (Å²) in [5.41, 5.74) is 10.1. The van der Waals surface area contributed by atoms with E-state index in [-0.39, 0.29) is 32.2 Å². The molecule has 1 aliphatic heterocycles. The van der Waals surface area contributed by atoms with Crippen LogP contribution in [0.1, 0.15) is 36.1 Å². The van der Waals surface area contributed by atoms with Gasteiger partial charge in [0.05, 0.1) is 0 Å². The van der Waals surface area contributed by atoms with Crippen molar-refractivity contribution in [1.82, 2.24) is 9.97 Å². The van der Waals surface area contributed by atoms with E-state index in [0.29, 0.717) is 11.2 Å². The molecule has 1 aliphatic rings. The molecule has 0 saturated carbocycles. The number of pyridine rings is 2. The van der Waals surface area contributed by atoms with Crippen molar-refractivity contribution in [1.29, 1.82) is 0 Å². The van der Waals surface area contributed by atoms with E-state index in [9.17, 15) is 5.11 Å². The van der Waals surface area contributed by atoms with Crippen LogP contribution in [0.2, 0.25) is 0 Å². The Morgan fingerprint density at radius 1 is 0.688 bits per heavy atom. The molecule has 0 aliphatic carbocycles. The predicted molar refractivity (Wildman–Crippen MR) is 190 cm³/mol. The largest absolute Gasteiger partial charge is 0.506 e. The molecule has 0 amide bonds. The average Bonchev–Trinajstić information content (AvgIpc) is 3.12. The molecule has 2 aromatic heterocycles. The monoisotopic (exact) mass is 799 g/mol. The summed E-state index contributed by atoms with van der Waals surface area (Å²) in [6.45, 7) is 4.51. The molecule has 0 radical (unpaired) electrons. The Balaban J connectivity index is 0.00000364. The summed E-state index contributed by atoms with van der Waals surface area (Å²) < 4.78 is 0. The molecule has 5 aromatic carbocycles. The van der Waals surface area contributed by atoms with Crippen LogP contribution >= 0.6 is 0 Å². The van der Waals surface area contributed by atoms with Crippen LogP contribution in [-0.2, 0) is 26.5 Å². The van der Waals surface area contributed by atoms with Gasteiger partial charge < -0.3 is 10.0 Å². The van der Waals surface area contributed by atoms with E-state index in [4.69, 9.17) is 9.97 Å². The second kappa shape index (κ2) is 12.6. The molecule has 0 fully saturated rings. The number of rotatable bonds is 3. The number of phenolic OH excluding ortho intramolecular Hbond substituents is 1.